The van der Waals surface area contributed by atoms with Crippen LogP contribution in [0.25, 0.3) is 0 Å². The highest BCUT2D eigenvalue weighted by Gasteiger charge is 2.17. The fourth-order valence-corrected chi connectivity index (χ4v) is 1.38. The summed E-state index contributed by atoms with van der Waals surface area (Å²) in [4.78, 5) is 24.4. The molecule has 0 radical (unpaired) electrons. The van der Waals surface area contributed by atoms with E-state index in [1.54, 1.807) is 19.3 Å². The van der Waals surface area contributed by atoms with Crippen LogP contribution < -0.4 is 10.8 Å². The number of hydrogen-bond acceptors (Lipinski definition) is 5. The number of amides is 1. The van der Waals surface area contributed by atoms with Crippen molar-refractivity contribution in [2.45, 2.75) is 13.3 Å². The second-order valence-corrected chi connectivity index (χ2v) is 3.25. The average molecular weight is 220 g/mol. The summed E-state index contributed by atoms with van der Waals surface area (Å²) in [7, 11) is 0. The van der Waals surface area contributed by atoms with E-state index in [2.05, 4.69) is 20.8 Å². The van der Waals surface area contributed by atoms with Gasteiger partial charge in [0.05, 0.1) is 6.61 Å². The predicted octanol–water partition coefficient (Wildman–Crippen LogP) is 0.396. The molecule has 1 aromatic rings. The van der Waals surface area contributed by atoms with Gasteiger partial charge in [-0.3, -0.25) is 9.63 Å². The molecule has 6 nitrogen and oxygen atoms in total. The van der Waals surface area contributed by atoms with Gasteiger partial charge in [0.1, 0.15) is 12.1 Å². The Morgan fingerprint density at radius 1 is 1.69 bits per heavy atom. The van der Waals surface area contributed by atoms with E-state index < -0.39 is 0 Å². The largest absolute Gasteiger partial charge is 0.346 e. The third-order valence-electron chi connectivity index (χ3n) is 2.15. The first kappa shape index (κ1) is 10.6. The zero-order valence-corrected chi connectivity index (χ0v) is 8.86. The standard InChI is InChI=1S/C10H12N4O2/c1-2-16-14-10(15)8-3-7-4-11-6-13-9(7)12-5-8/h4-6H,2-3H2,1H3,(H,14,15)(H,11,12,13). The van der Waals surface area contributed by atoms with Gasteiger partial charge in [0, 0.05) is 30.0 Å². The Kier molecular flexibility index (Phi) is 3.11. The molecule has 1 aliphatic heterocycles. The fourth-order valence-electron chi connectivity index (χ4n) is 1.38. The second kappa shape index (κ2) is 4.71. The van der Waals surface area contributed by atoms with Gasteiger partial charge in [0.15, 0.2) is 0 Å². The number of rotatable bonds is 3. The Labute approximate surface area is 92.7 Å². The number of hydrogen-bond donors (Lipinski definition) is 2. The van der Waals surface area contributed by atoms with E-state index in [9.17, 15) is 4.79 Å². The van der Waals surface area contributed by atoms with Gasteiger partial charge in [-0.05, 0) is 6.92 Å². The van der Waals surface area contributed by atoms with E-state index >= 15 is 0 Å². The lowest BCUT2D eigenvalue weighted by Crippen LogP contribution is -2.28. The Hall–Kier alpha value is -1.95. The van der Waals surface area contributed by atoms with Gasteiger partial charge in [-0.1, -0.05) is 0 Å². The summed E-state index contributed by atoms with van der Waals surface area (Å²) in [5.74, 6) is 0.492. The molecule has 0 saturated heterocycles. The molecule has 0 atom stereocenters. The molecule has 1 amide bonds. The maximum Gasteiger partial charge on any atom is 0.272 e. The van der Waals surface area contributed by atoms with Gasteiger partial charge >= 0.3 is 0 Å². The van der Waals surface area contributed by atoms with Crippen molar-refractivity contribution in [2.24, 2.45) is 0 Å². The molecule has 0 unspecified atom stereocenters. The van der Waals surface area contributed by atoms with Crippen molar-refractivity contribution in [3.05, 3.63) is 29.9 Å². The summed E-state index contributed by atoms with van der Waals surface area (Å²) in [6, 6.07) is 0. The van der Waals surface area contributed by atoms with Gasteiger partial charge < -0.3 is 5.32 Å². The molecule has 0 aromatic carbocycles. The zero-order valence-electron chi connectivity index (χ0n) is 8.86. The van der Waals surface area contributed by atoms with E-state index in [-0.39, 0.29) is 5.91 Å². The van der Waals surface area contributed by atoms with E-state index in [1.807, 2.05) is 0 Å². The minimum Gasteiger partial charge on any atom is -0.346 e. The number of nitrogens with zero attached hydrogens (tertiary/aromatic N) is 2. The fraction of sp³-hybridized carbons (Fsp3) is 0.300. The molecular weight excluding hydrogens is 208 g/mol. The smallest absolute Gasteiger partial charge is 0.272 e. The minimum atomic E-state index is -0.246. The summed E-state index contributed by atoms with van der Waals surface area (Å²) in [6.07, 6.45) is 5.28. The molecule has 0 fully saturated rings. The van der Waals surface area contributed by atoms with Crippen LogP contribution in [0.3, 0.4) is 0 Å². The molecule has 0 spiro atoms. The van der Waals surface area contributed by atoms with Crippen LogP contribution in [0.1, 0.15) is 12.5 Å². The molecule has 2 rings (SSSR count). The van der Waals surface area contributed by atoms with Crippen LogP contribution in [0, 0.1) is 0 Å². The first-order chi connectivity index (χ1) is 7.81. The molecule has 1 aromatic heterocycles. The molecule has 0 bridgehead atoms. The number of nitrogens with one attached hydrogen (secondary N) is 2. The van der Waals surface area contributed by atoms with E-state index in [1.165, 1.54) is 6.33 Å². The van der Waals surface area contributed by atoms with Crippen LogP contribution in [0.4, 0.5) is 5.82 Å². The van der Waals surface area contributed by atoms with Crippen molar-refractivity contribution in [1.29, 1.82) is 0 Å². The van der Waals surface area contributed by atoms with Crippen molar-refractivity contribution >= 4 is 11.7 Å². The lowest BCUT2D eigenvalue weighted by atomic mass is 10.1. The van der Waals surface area contributed by atoms with Crippen LogP contribution >= 0.6 is 0 Å². The number of carbonyl (C=O) groups is 1. The zero-order chi connectivity index (χ0) is 11.4. The van der Waals surface area contributed by atoms with Crippen LogP contribution in [0.15, 0.2) is 24.3 Å². The Bertz CT molecular complexity index is 431. The first-order valence-corrected chi connectivity index (χ1v) is 4.98. The number of aromatic nitrogens is 2. The summed E-state index contributed by atoms with van der Waals surface area (Å²) in [5, 5.41) is 2.94. The highest BCUT2D eigenvalue weighted by Crippen LogP contribution is 2.19. The average Bonchev–Trinajstić information content (AvgIpc) is 2.35. The van der Waals surface area contributed by atoms with Crippen LogP contribution in [0.5, 0.6) is 0 Å². The molecule has 1 aliphatic rings. The van der Waals surface area contributed by atoms with Gasteiger partial charge in [-0.15, -0.1) is 0 Å². The number of anilines is 1. The molecule has 2 N–H and O–H groups in total. The number of hydroxylamine groups is 1. The molecule has 16 heavy (non-hydrogen) atoms. The number of carbonyl (C=O) groups excluding carboxylic acids is 1. The van der Waals surface area contributed by atoms with Crippen molar-refractivity contribution in [3.8, 4) is 0 Å². The summed E-state index contributed by atoms with van der Waals surface area (Å²) in [5.41, 5.74) is 3.83. The second-order valence-electron chi connectivity index (χ2n) is 3.25. The molecule has 84 valence electrons. The highest BCUT2D eigenvalue weighted by atomic mass is 16.6. The molecule has 0 saturated carbocycles. The van der Waals surface area contributed by atoms with E-state index in [4.69, 9.17) is 4.84 Å². The topological polar surface area (TPSA) is 76.1 Å². The minimum absolute atomic E-state index is 0.246. The van der Waals surface area contributed by atoms with Crippen molar-refractivity contribution < 1.29 is 9.63 Å². The quantitative estimate of drug-likeness (QED) is 0.721. The lowest BCUT2D eigenvalue weighted by Gasteiger charge is -2.15. The third kappa shape index (κ3) is 2.17. The maximum atomic E-state index is 11.6. The normalized spacial score (nSPS) is 13.4. The van der Waals surface area contributed by atoms with Crippen molar-refractivity contribution in [1.82, 2.24) is 15.4 Å². The molecule has 6 heteroatoms. The van der Waals surface area contributed by atoms with Crippen LogP contribution in [-0.2, 0) is 16.1 Å². The Morgan fingerprint density at radius 3 is 3.38 bits per heavy atom. The first-order valence-electron chi connectivity index (χ1n) is 4.98. The Morgan fingerprint density at radius 2 is 2.56 bits per heavy atom. The summed E-state index contributed by atoms with van der Waals surface area (Å²) < 4.78 is 0. The van der Waals surface area contributed by atoms with Gasteiger partial charge in [0.2, 0.25) is 0 Å². The van der Waals surface area contributed by atoms with Gasteiger partial charge in [-0.2, -0.15) is 0 Å². The molecule has 2 heterocycles. The highest BCUT2D eigenvalue weighted by molar-refractivity contribution is 5.94. The Balaban J connectivity index is 2.06. The van der Waals surface area contributed by atoms with E-state index in [0.29, 0.717) is 18.6 Å². The van der Waals surface area contributed by atoms with Gasteiger partial charge in [0.25, 0.3) is 5.91 Å². The summed E-state index contributed by atoms with van der Waals surface area (Å²) >= 11 is 0. The molecule has 0 aliphatic carbocycles. The van der Waals surface area contributed by atoms with Crippen LogP contribution in [-0.4, -0.2) is 22.5 Å². The van der Waals surface area contributed by atoms with Crippen LogP contribution in [0.2, 0.25) is 0 Å². The third-order valence-corrected chi connectivity index (χ3v) is 2.15. The SMILES string of the molecule is CCONC(=O)C1=CNc2ncncc2C1. The molecular formula is C10H12N4O2. The predicted molar refractivity (Wildman–Crippen MR) is 57.2 cm³/mol. The van der Waals surface area contributed by atoms with E-state index in [0.717, 1.165) is 11.4 Å². The van der Waals surface area contributed by atoms with Crippen molar-refractivity contribution in [2.75, 3.05) is 11.9 Å². The maximum absolute atomic E-state index is 11.6. The van der Waals surface area contributed by atoms with Gasteiger partial charge in [-0.25, -0.2) is 15.4 Å². The summed E-state index contributed by atoms with van der Waals surface area (Å²) in [6.45, 7) is 2.24. The number of fused-ring (bicyclic) bond motifs is 1. The lowest BCUT2D eigenvalue weighted by molar-refractivity contribution is -0.129. The van der Waals surface area contributed by atoms with Crippen molar-refractivity contribution in [3.63, 3.8) is 0 Å². The monoisotopic (exact) mass is 220 g/mol.